The summed E-state index contributed by atoms with van der Waals surface area (Å²) in [6.07, 6.45) is 3.09. The second-order valence-electron chi connectivity index (χ2n) is 6.23. The fourth-order valence-electron chi connectivity index (χ4n) is 2.70. The monoisotopic (exact) mass is 412 g/mol. The lowest BCUT2D eigenvalue weighted by Crippen LogP contribution is -2.22. The van der Waals surface area contributed by atoms with E-state index in [2.05, 4.69) is 20.5 Å². The molecule has 1 amide bonds. The topological polar surface area (TPSA) is 105 Å². The number of nitrogens with zero attached hydrogens (tertiary/aromatic N) is 2. The Morgan fingerprint density at radius 2 is 1.93 bits per heavy atom. The maximum Gasteiger partial charge on any atom is 0.253 e. The number of pyridine rings is 1. The summed E-state index contributed by atoms with van der Waals surface area (Å²) >= 11 is 1.25. The number of hydrogen-bond acceptors (Lipinski definition) is 6. The van der Waals surface area contributed by atoms with Gasteiger partial charge in [0.1, 0.15) is 4.21 Å². The first-order chi connectivity index (χ1) is 13.4. The van der Waals surface area contributed by atoms with Crippen molar-refractivity contribution in [1.82, 2.24) is 20.5 Å². The van der Waals surface area contributed by atoms with Crippen LogP contribution in [0.5, 0.6) is 0 Å². The third kappa shape index (κ3) is 3.54. The number of fused-ring (bicyclic) bond motifs is 1. The summed E-state index contributed by atoms with van der Waals surface area (Å²) in [5.41, 5.74) is 1.85. The van der Waals surface area contributed by atoms with E-state index in [0.29, 0.717) is 15.4 Å². The molecule has 0 unspecified atom stereocenters. The standard InChI is InChI=1S/C19H16N4O3S2/c1-12-2-7-17(27-12)28(25,26)16-5-3-13(4-6-16)9-21-19(24)15-8-14-11-22-23-18(14)20-10-15/h2-8,10-11H,9H2,1H3,(H,21,24)(H,20,22,23). The van der Waals surface area contributed by atoms with Gasteiger partial charge in [-0.15, -0.1) is 11.3 Å². The number of thiophene rings is 1. The number of rotatable bonds is 5. The molecule has 0 aliphatic rings. The molecule has 0 bridgehead atoms. The van der Waals surface area contributed by atoms with Crippen LogP contribution in [0.1, 0.15) is 20.8 Å². The lowest BCUT2D eigenvalue weighted by atomic mass is 10.2. The Bertz CT molecular complexity index is 1260. The number of aromatic amines is 1. The van der Waals surface area contributed by atoms with E-state index in [1.54, 1.807) is 48.7 Å². The first-order valence-corrected chi connectivity index (χ1v) is 10.7. The molecule has 0 aliphatic carbocycles. The van der Waals surface area contributed by atoms with Crippen molar-refractivity contribution in [1.29, 1.82) is 0 Å². The zero-order chi connectivity index (χ0) is 19.7. The van der Waals surface area contributed by atoms with E-state index in [1.165, 1.54) is 17.5 Å². The summed E-state index contributed by atoms with van der Waals surface area (Å²) in [7, 11) is -3.51. The van der Waals surface area contributed by atoms with E-state index >= 15 is 0 Å². The van der Waals surface area contributed by atoms with Crippen molar-refractivity contribution in [3.05, 3.63) is 70.9 Å². The molecule has 0 spiro atoms. The molecule has 3 aromatic heterocycles. The molecule has 7 nitrogen and oxygen atoms in total. The highest BCUT2D eigenvalue weighted by Crippen LogP contribution is 2.27. The maximum absolute atomic E-state index is 12.6. The van der Waals surface area contributed by atoms with Crippen LogP contribution in [0.2, 0.25) is 0 Å². The number of benzene rings is 1. The highest BCUT2D eigenvalue weighted by atomic mass is 32.2. The third-order valence-electron chi connectivity index (χ3n) is 4.22. The molecule has 1 aromatic carbocycles. The average Bonchev–Trinajstić information content (AvgIpc) is 3.34. The minimum Gasteiger partial charge on any atom is -0.348 e. The number of aromatic nitrogens is 3. The van der Waals surface area contributed by atoms with E-state index < -0.39 is 9.84 Å². The highest BCUT2D eigenvalue weighted by Gasteiger charge is 2.19. The predicted molar refractivity (Wildman–Crippen MR) is 106 cm³/mol. The minimum atomic E-state index is -3.51. The van der Waals surface area contributed by atoms with Crippen LogP contribution in [0.15, 0.2) is 64.0 Å². The van der Waals surface area contributed by atoms with Crippen molar-refractivity contribution >= 4 is 38.1 Å². The van der Waals surface area contributed by atoms with Crippen molar-refractivity contribution < 1.29 is 13.2 Å². The van der Waals surface area contributed by atoms with Gasteiger partial charge in [0.25, 0.3) is 5.91 Å². The van der Waals surface area contributed by atoms with Gasteiger partial charge in [0.2, 0.25) is 9.84 Å². The second kappa shape index (κ2) is 7.17. The van der Waals surface area contributed by atoms with Gasteiger partial charge >= 0.3 is 0 Å². The summed E-state index contributed by atoms with van der Waals surface area (Å²) in [5, 5.41) is 10.2. The molecule has 0 radical (unpaired) electrons. The van der Waals surface area contributed by atoms with Crippen molar-refractivity contribution in [2.24, 2.45) is 0 Å². The van der Waals surface area contributed by atoms with Crippen LogP contribution in [-0.2, 0) is 16.4 Å². The zero-order valence-electron chi connectivity index (χ0n) is 14.8. The summed E-state index contributed by atoms with van der Waals surface area (Å²) in [4.78, 5) is 17.6. The first kappa shape index (κ1) is 18.3. The number of sulfone groups is 1. The van der Waals surface area contributed by atoms with E-state index in [1.807, 2.05) is 6.92 Å². The molecule has 142 valence electrons. The molecule has 0 aliphatic heterocycles. The lowest BCUT2D eigenvalue weighted by Gasteiger charge is -2.07. The van der Waals surface area contributed by atoms with Gasteiger partial charge in [-0.25, -0.2) is 13.4 Å². The van der Waals surface area contributed by atoms with Gasteiger partial charge in [-0.1, -0.05) is 12.1 Å². The van der Waals surface area contributed by atoms with Gasteiger partial charge in [-0.05, 0) is 42.8 Å². The van der Waals surface area contributed by atoms with Gasteiger partial charge in [0.15, 0.2) is 5.65 Å². The Hall–Kier alpha value is -3.04. The number of nitrogens with one attached hydrogen (secondary N) is 2. The van der Waals surface area contributed by atoms with Crippen molar-refractivity contribution in [2.75, 3.05) is 0 Å². The molecule has 28 heavy (non-hydrogen) atoms. The normalized spacial score (nSPS) is 11.6. The quantitative estimate of drug-likeness (QED) is 0.524. The van der Waals surface area contributed by atoms with Crippen molar-refractivity contribution in [2.45, 2.75) is 22.6 Å². The number of H-pyrrole nitrogens is 1. The van der Waals surface area contributed by atoms with Gasteiger partial charge in [-0.2, -0.15) is 5.10 Å². The molecular weight excluding hydrogens is 396 g/mol. The summed E-state index contributed by atoms with van der Waals surface area (Å²) < 4.78 is 25.6. The molecule has 0 fully saturated rings. The van der Waals surface area contributed by atoms with Gasteiger partial charge in [0.05, 0.1) is 16.7 Å². The van der Waals surface area contributed by atoms with Crippen LogP contribution < -0.4 is 5.32 Å². The molecule has 0 atom stereocenters. The Morgan fingerprint density at radius 1 is 1.14 bits per heavy atom. The molecule has 4 rings (SSSR count). The fourth-order valence-corrected chi connectivity index (χ4v) is 5.39. The molecule has 0 saturated heterocycles. The van der Waals surface area contributed by atoms with E-state index in [4.69, 9.17) is 0 Å². The van der Waals surface area contributed by atoms with E-state index in [-0.39, 0.29) is 17.3 Å². The summed E-state index contributed by atoms with van der Waals surface area (Å²) in [6, 6.07) is 11.6. The molecule has 0 saturated carbocycles. The predicted octanol–water partition coefficient (Wildman–Crippen LogP) is 3.09. The van der Waals surface area contributed by atoms with Crippen LogP contribution in [0.4, 0.5) is 0 Å². The first-order valence-electron chi connectivity index (χ1n) is 8.41. The van der Waals surface area contributed by atoms with Gasteiger partial charge < -0.3 is 5.32 Å². The number of amides is 1. The van der Waals surface area contributed by atoms with Crippen LogP contribution in [-0.4, -0.2) is 29.5 Å². The third-order valence-corrected chi connectivity index (χ3v) is 7.48. The van der Waals surface area contributed by atoms with E-state index in [0.717, 1.165) is 15.8 Å². The van der Waals surface area contributed by atoms with Gasteiger partial charge in [0, 0.05) is 23.0 Å². The van der Waals surface area contributed by atoms with Crippen molar-refractivity contribution in [3.8, 4) is 0 Å². The Balaban J connectivity index is 1.45. The highest BCUT2D eigenvalue weighted by molar-refractivity contribution is 7.93. The van der Waals surface area contributed by atoms with E-state index in [9.17, 15) is 13.2 Å². The second-order valence-corrected chi connectivity index (χ2v) is 9.69. The Morgan fingerprint density at radius 3 is 2.64 bits per heavy atom. The number of hydrogen-bond donors (Lipinski definition) is 2. The van der Waals surface area contributed by atoms with Gasteiger partial charge in [-0.3, -0.25) is 9.89 Å². The number of carbonyl (C=O) groups is 1. The minimum absolute atomic E-state index is 0.235. The number of aryl methyl sites for hydroxylation is 1. The van der Waals surface area contributed by atoms with Crippen molar-refractivity contribution in [3.63, 3.8) is 0 Å². The zero-order valence-corrected chi connectivity index (χ0v) is 16.5. The Labute approximate surface area is 165 Å². The Kier molecular flexibility index (Phi) is 4.70. The van der Waals surface area contributed by atoms with Crippen LogP contribution in [0.25, 0.3) is 11.0 Å². The SMILES string of the molecule is Cc1ccc(S(=O)(=O)c2ccc(CNC(=O)c3cnc4[nH]ncc4c3)cc2)s1. The largest absolute Gasteiger partial charge is 0.348 e. The van der Waals surface area contributed by atoms with Crippen LogP contribution in [0.3, 0.4) is 0 Å². The molecule has 2 N–H and O–H groups in total. The summed E-state index contributed by atoms with van der Waals surface area (Å²) in [5.74, 6) is -0.263. The average molecular weight is 412 g/mol. The summed E-state index contributed by atoms with van der Waals surface area (Å²) in [6.45, 7) is 2.15. The molecular formula is C19H16N4O3S2. The molecule has 9 heteroatoms. The lowest BCUT2D eigenvalue weighted by molar-refractivity contribution is 0.0950. The smallest absolute Gasteiger partial charge is 0.253 e. The molecule has 4 aromatic rings. The van der Waals surface area contributed by atoms with Crippen LogP contribution >= 0.6 is 11.3 Å². The maximum atomic E-state index is 12.6. The van der Waals surface area contributed by atoms with Crippen LogP contribution in [0, 0.1) is 6.92 Å². The number of carbonyl (C=O) groups excluding carboxylic acids is 1. The fraction of sp³-hybridized carbons (Fsp3) is 0.105. The molecule has 3 heterocycles.